The van der Waals surface area contributed by atoms with Crippen LogP contribution in [-0.2, 0) is 14.3 Å². The molecule has 0 bridgehead atoms. The van der Waals surface area contributed by atoms with Crippen LogP contribution < -0.4 is 0 Å². The second kappa shape index (κ2) is 7.35. The van der Waals surface area contributed by atoms with Gasteiger partial charge in [0.15, 0.2) is 0 Å². The molecule has 0 unspecified atom stereocenters. The maximum Gasteiger partial charge on any atom is 0.297 e. The summed E-state index contributed by atoms with van der Waals surface area (Å²) in [5.74, 6) is 0. The Balaban J connectivity index is 1.75. The van der Waals surface area contributed by atoms with Gasteiger partial charge in [0.25, 0.3) is 10.1 Å². The first-order valence-electron chi connectivity index (χ1n) is 8.65. The van der Waals surface area contributed by atoms with E-state index in [2.05, 4.69) is 0 Å². The summed E-state index contributed by atoms with van der Waals surface area (Å²) in [4.78, 5) is 0.151. The molecule has 0 aromatic heterocycles. The zero-order valence-electron chi connectivity index (χ0n) is 14.5. The Labute approximate surface area is 159 Å². The van der Waals surface area contributed by atoms with Crippen LogP contribution in [0.2, 0.25) is 0 Å². The summed E-state index contributed by atoms with van der Waals surface area (Å²) in [6.45, 7) is 0. The Morgan fingerprint density at radius 3 is 1.70 bits per heavy atom. The Bertz CT molecular complexity index is 1110. The fourth-order valence-electron chi connectivity index (χ4n) is 3.06. The van der Waals surface area contributed by atoms with E-state index < -0.39 is 16.2 Å². The lowest BCUT2D eigenvalue weighted by Gasteiger charge is -2.18. The molecule has 0 aliphatic carbocycles. The first-order valence-corrected chi connectivity index (χ1v) is 10.1. The van der Waals surface area contributed by atoms with Crippen LogP contribution in [0.1, 0.15) is 17.2 Å². The first kappa shape index (κ1) is 17.5. The highest BCUT2D eigenvalue weighted by Crippen LogP contribution is 2.31. The molecular weight excluding hydrogens is 356 g/mol. The third kappa shape index (κ3) is 3.77. The number of hydrogen-bond acceptors (Lipinski definition) is 3. The molecule has 4 heteroatoms. The van der Waals surface area contributed by atoms with Crippen molar-refractivity contribution < 1.29 is 12.6 Å². The van der Waals surface area contributed by atoms with Gasteiger partial charge in [-0.2, -0.15) is 8.42 Å². The molecule has 0 heterocycles. The first-order chi connectivity index (χ1) is 13.1. The minimum absolute atomic E-state index is 0.151. The van der Waals surface area contributed by atoms with Gasteiger partial charge in [-0.15, -0.1) is 0 Å². The second-order valence-corrected chi connectivity index (χ2v) is 7.83. The fourth-order valence-corrected chi connectivity index (χ4v) is 4.16. The van der Waals surface area contributed by atoms with Crippen molar-refractivity contribution in [3.05, 3.63) is 114 Å². The molecule has 0 aliphatic heterocycles. The highest BCUT2D eigenvalue weighted by Gasteiger charge is 2.24. The van der Waals surface area contributed by atoms with Crippen LogP contribution >= 0.6 is 0 Å². The van der Waals surface area contributed by atoms with E-state index in [9.17, 15) is 8.42 Å². The molecule has 0 spiro atoms. The number of hydrogen-bond donors (Lipinski definition) is 0. The Kier molecular flexibility index (Phi) is 4.75. The average molecular weight is 374 g/mol. The number of rotatable bonds is 5. The van der Waals surface area contributed by atoms with Crippen LogP contribution in [0, 0.1) is 0 Å². The number of fused-ring (bicyclic) bond motifs is 1. The van der Waals surface area contributed by atoms with Crippen LogP contribution in [0.3, 0.4) is 0 Å². The third-order valence-corrected chi connectivity index (χ3v) is 5.71. The van der Waals surface area contributed by atoms with E-state index in [1.807, 2.05) is 84.9 Å². The van der Waals surface area contributed by atoms with Gasteiger partial charge in [-0.25, -0.2) is 0 Å². The lowest BCUT2D eigenvalue weighted by Crippen LogP contribution is -2.13. The van der Waals surface area contributed by atoms with E-state index in [1.54, 1.807) is 18.2 Å². The normalized spacial score (nSPS) is 11.7. The van der Waals surface area contributed by atoms with Crippen molar-refractivity contribution >= 4 is 20.9 Å². The topological polar surface area (TPSA) is 43.4 Å². The Hall–Kier alpha value is -2.95. The lowest BCUT2D eigenvalue weighted by atomic mass is 10.0. The predicted octanol–water partition coefficient (Wildman–Crippen LogP) is 5.33. The molecule has 0 N–H and O–H groups in total. The smallest absolute Gasteiger partial charge is 0.253 e. The van der Waals surface area contributed by atoms with Gasteiger partial charge in [0.2, 0.25) is 0 Å². The van der Waals surface area contributed by atoms with Crippen LogP contribution in [0.25, 0.3) is 10.8 Å². The maximum absolute atomic E-state index is 13.0. The molecule has 0 radical (unpaired) electrons. The molecule has 4 aromatic carbocycles. The van der Waals surface area contributed by atoms with E-state index in [0.29, 0.717) is 0 Å². The van der Waals surface area contributed by atoms with Gasteiger partial charge in [0.05, 0.1) is 4.90 Å². The molecular formula is C23H18O3S. The van der Waals surface area contributed by atoms with E-state index >= 15 is 0 Å². The van der Waals surface area contributed by atoms with Gasteiger partial charge in [-0.3, -0.25) is 4.18 Å². The molecule has 27 heavy (non-hydrogen) atoms. The van der Waals surface area contributed by atoms with Crippen LogP contribution in [0.15, 0.2) is 108 Å². The van der Waals surface area contributed by atoms with E-state index in [-0.39, 0.29) is 4.90 Å². The van der Waals surface area contributed by atoms with Crippen molar-refractivity contribution in [3.8, 4) is 0 Å². The zero-order valence-corrected chi connectivity index (χ0v) is 15.3. The summed E-state index contributed by atoms with van der Waals surface area (Å²) in [5.41, 5.74) is 1.57. The minimum Gasteiger partial charge on any atom is -0.253 e. The van der Waals surface area contributed by atoms with Crippen LogP contribution in [0.5, 0.6) is 0 Å². The molecule has 4 rings (SSSR count). The standard InChI is InChI=1S/C23H18O3S/c24-27(25,22-16-15-18-9-7-8-14-21(18)17-22)26-23(19-10-3-1-4-11-19)20-12-5-2-6-13-20/h1-17,23H. The Morgan fingerprint density at radius 1 is 0.593 bits per heavy atom. The van der Waals surface area contributed by atoms with Crippen molar-refractivity contribution in [3.63, 3.8) is 0 Å². The zero-order chi connectivity index (χ0) is 18.7. The summed E-state index contributed by atoms with van der Waals surface area (Å²) in [5, 5.41) is 1.84. The molecule has 134 valence electrons. The molecule has 0 saturated heterocycles. The van der Waals surface area contributed by atoms with Gasteiger partial charge in [-0.05, 0) is 34.0 Å². The summed E-state index contributed by atoms with van der Waals surface area (Å²) < 4.78 is 31.7. The quantitative estimate of drug-likeness (QED) is 0.443. The maximum atomic E-state index is 13.0. The summed E-state index contributed by atoms with van der Waals surface area (Å²) >= 11 is 0. The molecule has 0 fully saturated rings. The van der Waals surface area contributed by atoms with Gasteiger partial charge >= 0.3 is 0 Å². The van der Waals surface area contributed by atoms with Crippen molar-refractivity contribution in [1.82, 2.24) is 0 Å². The van der Waals surface area contributed by atoms with Crippen LogP contribution in [-0.4, -0.2) is 8.42 Å². The van der Waals surface area contributed by atoms with Crippen molar-refractivity contribution in [2.45, 2.75) is 11.0 Å². The lowest BCUT2D eigenvalue weighted by molar-refractivity contribution is 0.253. The minimum atomic E-state index is -3.95. The summed E-state index contributed by atoms with van der Waals surface area (Å²) in [6.07, 6.45) is -0.705. The predicted molar refractivity (Wildman–Crippen MR) is 107 cm³/mol. The second-order valence-electron chi connectivity index (χ2n) is 6.26. The average Bonchev–Trinajstić information content (AvgIpc) is 2.73. The molecule has 0 saturated carbocycles. The van der Waals surface area contributed by atoms with Crippen molar-refractivity contribution in [2.24, 2.45) is 0 Å². The largest absolute Gasteiger partial charge is 0.297 e. The van der Waals surface area contributed by atoms with Gasteiger partial charge in [0, 0.05) is 0 Å². The molecule has 4 aromatic rings. The SMILES string of the molecule is O=S(=O)(OC(c1ccccc1)c1ccccc1)c1ccc2ccccc2c1. The fraction of sp³-hybridized carbons (Fsp3) is 0.0435. The van der Waals surface area contributed by atoms with E-state index in [1.165, 1.54) is 0 Å². The summed E-state index contributed by atoms with van der Waals surface area (Å²) in [6, 6.07) is 31.4. The monoisotopic (exact) mass is 374 g/mol. The summed E-state index contributed by atoms with van der Waals surface area (Å²) in [7, 11) is -3.95. The Morgan fingerprint density at radius 2 is 1.11 bits per heavy atom. The molecule has 0 aliphatic rings. The number of benzene rings is 4. The van der Waals surface area contributed by atoms with E-state index in [4.69, 9.17) is 4.18 Å². The van der Waals surface area contributed by atoms with Crippen molar-refractivity contribution in [1.29, 1.82) is 0 Å². The highest BCUT2D eigenvalue weighted by atomic mass is 32.2. The van der Waals surface area contributed by atoms with Gasteiger partial charge < -0.3 is 0 Å². The van der Waals surface area contributed by atoms with Gasteiger partial charge in [-0.1, -0.05) is 91.0 Å². The molecule has 0 atom stereocenters. The van der Waals surface area contributed by atoms with E-state index in [0.717, 1.165) is 21.9 Å². The van der Waals surface area contributed by atoms with Gasteiger partial charge in [0.1, 0.15) is 6.10 Å². The molecule has 0 amide bonds. The third-order valence-electron chi connectivity index (χ3n) is 4.44. The van der Waals surface area contributed by atoms with Crippen molar-refractivity contribution in [2.75, 3.05) is 0 Å². The highest BCUT2D eigenvalue weighted by molar-refractivity contribution is 7.86. The molecule has 3 nitrogen and oxygen atoms in total. The van der Waals surface area contributed by atoms with Crippen LogP contribution in [0.4, 0.5) is 0 Å².